The number of sulfonamides is 1. The SMILES string of the molecule is NS(=O)(=O)c1ccc(/C=C/c2ccc(F)cc2)cc1. The Morgan fingerprint density at radius 2 is 1.26 bits per heavy atom. The summed E-state index contributed by atoms with van der Waals surface area (Å²) >= 11 is 0. The van der Waals surface area contributed by atoms with Crippen LogP contribution in [-0.4, -0.2) is 8.42 Å². The summed E-state index contributed by atoms with van der Waals surface area (Å²) in [7, 11) is -3.66. The van der Waals surface area contributed by atoms with Crippen LogP contribution >= 0.6 is 0 Å². The van der Waals surface area contributed by atoms with Gasteiger partial charge in [-0.05, 0) is 35.4 Å². The first-order valence-electron chi connectivity index (χ1n) is 5.52. The van der Waals surface area contributed by atoms with Crippen molar-refractivity contribution >= 4 is 22.2 Å². The van der Waals surface area contributed by atoms with Gasteiger partial charge in [0.1, 0.15) is 5.82 Å². The average molecular weight is 277 g/mol. The Hall–Kier alpha value is -1.98. The van der Waals surface area contributed by atoms with Gasteiger partial charge in [0.25, 0.3) is 0 Å². The van der Waals surface area contributed by atoms with Gasteiger partial charge < -0.3 is 0 Å². The second kappa shape index (κ2) is 5.34. The van der Waals surface area contributed by atoms with Crippen LogP contribution in [0.4, 0.5) is 4.39 Å². The molecule has 2 aromatic rings. The molecule has 3 nitrogen and oxygen atoms in total. The molecule has 2 rings (SSSR count). The van der Waals surface area contributed by atoms with E-state index in [1.54, 1.807) is 30.3 Å². The number of halogens is 1. The predicted molar refractivity (Wildman–Crippen MR) is 73.1 cm³/mol. The highest BCUT2D eigenvalue weighted by Gasteiger charge is 2.05. The number of rotatable bonds is 3. The Labute approximate surface area is 111 Å². The van der Waals surface area contributed by atoms with Crippen molar-refractivity contribution in [2.24, 2.45) is 5.14 Å². The molecule has 98 valence electrons. The highest BCUT2D eigenvalue weighted by Crippen LogP contribution is 2.12. The summed E-state index contributed by atoms with van der Waals surface area (Å²) in [6.07, 6.45) is 3.62. The summed E-state index contributed by atoms with van der Waals surface area (Å²) in [6.45, 7) is 0. The van der Waals surface area contributed by atoms with E-state index in [9.17, 15) is 12.8 Å². The van der Waals surface area contributed by atoms with Crippen molar-refractivity contribution in [1.82, 2.24) is 0 Å². The topological polar surface area (TPSA) is 60.2 Å². The van der Waals surface area contributed by atoms with Gasteiger partial charge in [0, 0.05) is 0 Å². The smallest absolute Gasteiger partial charge is 0.225 e. The second-order valence-electron chi connectivity index (χ2n) is 4.00. The Morgan fingerprint density at radius 3 is 1.68 bits per heavy atom. The summed E-state index contributed by atoms with van der Waals surface area (Å²) < 4.78 is 34.9. The maximum absolute atomic E-state index is 12.7. The van der Waals surface area contributed by atoms with E-state index in [1.165, 1.54) is 24.3 Å². The van der Waals surface area contributed by atoms with E-state index < -0.39 is 10.0 Å². The van der Waals surface area contributed by atoms with E-state index in [4.69, 9.17) is 5.14 Å². The zero-order chi connectivity index (χ0) is 13.9. The van der Waals surface area contributed by atoms with Crippen molar-refractivity contribution in [3.05, 3.63) is 65.5 Å². The summed E-state index contributed by atoms with van der Waals surface area (Å²) in [5.74, 6) is -0.283. The van der Waals surface area contributed by atoms with Crippen molar-refractivity contribution in [1.29, 1.82) is 0 Å². The van der Waals surface area contributed by atoms with Gasteiger partial charge in [0.2, 0.25) is 10.0 Å². The monoisotopic (exact) mass is 277 g/mol. The second-order valence-corrected chi connectivity index (χ2v) is 5.56. The molecular formula is C14H12FNO2S. The number of benzene rings is 2. The van der Waals surface area contributed by atoms with Crippen LogP contribution in [0.3, 0.4) is 0 Å². The standard InChI is InChI=1S/C14H12FNO2S/c15-13-7-3-11(4-8-13)1-2-12-5-9-14(10-6-12)19(16,17)18/h1-10H,(H2,16,17,18)/b2-1+. The lowest BCUT2D eigenvalue weighted by atomic mass is 10.1. The third-order valence-electron chi connectivity index (χ3n) is 2.55. The van der Waals surface area contributed by atoms with Gasteiger partial charge in [-0.25, -0.2) is 17.9 Å². The van der Waals surface area contributed by atoms with Crippen LogP contribution in [0.15, 0.2) is 53.4 Å². The average Bonchev–Trinajstić information content (AvgIpc) is 2.37. The third-order valence-corrected chi connectivity index (χ3v) is 3.48. The van der Waals surface area contributed by atoms with Crippen LogP contribution in [0.1, 0.15) is 11.1 Å². The van der Waals surface area contributed by atoms with E-state index >= 15 is 0 Å². The summed E-state index contributed by atoms with van der Waals surface area (Å²) in [6, 6.07) is 12.3. The highest BCUT2D eigenvalue weighted by molar-refractivity contribution is 7.89. The first-order chi connectivity index (χ1) is 8.95. The Balaban J connectivity index is 2.18. The van der Waals surface area contributed by atoms with E-state index in [0.29, 0.717) is 0 Å². The maximum Gasteiger partial charge on any atom is 0.238 e. The molecule has 0 saturated heterocycles. The number of hydrogen-bond donors (Lipinski definition) is 1. The molecule has 0 aromatic heterocycles. The van der Waals surface area contributed by atoms with Crippen molar-refractivity contribution in [2.45, 2.75) is 4.90 Å². The van der Waals surface area contributed by atoms with Crippen LogP contribution in [0, 0.1) is 5.82 Å². The molecule has 2 aromatic carbocycles. The van der Waals surface area contributed by atoms with Gasteiger partial charge in [-0.3, -0.25) is 0 Å². The van der Waals surface area contributed by atoms with E-state index in [0.717, 1.165) is 11.1 Å². The molecule has 0 aliphatic rings. The maximum atomic E-state index is 12.7. The van der Waals surface area contributed by atoms with Gasteiger partial charge >= 0.3 is 0 Å². The van der Waals surface area contributed by atoms with Crippen LogP contribution in [0.5, 0.6) is 0 Å². The van der Waals surface area contributed by atoms with Crippen LogP contribution in [0.25, 0.3) is 12.2 Å². The van der Waals surface area contributed by atoms with Crippen molar-refractivity contribution in [2.75, 3.05) is 0 Å². The van der Waals surface area contributed by atoms with Crippen LogP contribution in [0.2, 0.25) is 0 Å². The zero-order valence-electron chi connectivity index (χ0n) is 9.95. The minimum Gasteiger partial charge on any atom is -0.225 e. The van der Waals surface area contributed by atoms with Crippen molar-refractivity contribution < 1.29 is 12.8 Å². The molecular weight excluding hydrogens is 265 g/mol. The van der Waals surface area contributed by atoms with Gasteiger partial charge in [0.05, 0.1) is 4.90 Å². The number of primary sulfonamides is 1. The molecule has 2 N–H and O–H groups in total. The third kappa shape index (κ3) is 3.74. The molecule has 0 amide bonds. The van der Waals surface area contributed by atoms with E-state index in [1.807, 2.05) is 6.08 Å². The largest absolute Gasteiger partial charge is 0.238 e. The fraction of sp³-hybridized carbons (Fsp3) is 0. The minimum atomic E-state index is -3.66. The van der Waals surface area contributed by atoms with Gasteiger partial charge in [-0.1, -0.05) is 36.4 Å². The molecule has 0 atom stereocenters. The first-order valence-corrected chi connectivity index (χ1v) is 7.06. The van der Waals surface area contributed by atoms with Gasteiger partial charge in [-0.15, -0.1) is 0 Å². The van der Waals surface area contributed by atoms with Crippen LogP contribution < -0.4 is 5.14 Å². The molecule has 0 radical (unpaired) electrons. The molecule has 19 heavy (non-hydrogen) atoms. The zero-order valence-corrected chi connectivity index (χ0v) is 10.8. The first kappa shape index (κ1) is 13.5. The predicted octanol–water partition coefficient (Wildman–Crippen LogP) is 2.64. The van der Waals surface area contributed by atoms with E-state index in [-0.39, 0.29) is 10.7 Å². The normalized spacial score (nSPS) is 11.9. The van der Waals surface area contributed by atoms with Crippen molar-refractivity contribution in [3.8, 4) is 0 Å². The lowest BCUT2D eigenvalue weighted by Gasteiger charge is -1.98. The molecule has 0 spiro atoms. The molecule has 0 unspecified atom stereocenters. The number of nitrogens with two attached hydrogens (primary N) is 1. The lowest BCUT2D eigenvalue weighted by molar-refractivity contribution is 0.598. The molecule has 0 bridgehead atoms. The number of hydrogen-bond acceptors (Lipinski definition) is 2. The van der Waals surface area contributed by atoms with Gasteiger partial charge in [0.15, 0.2) is 0 Å². The fourth-order valence-electron chi connectivity index (χ4n) is 1.53. The van der Waals surface area contributed by atoms with E-state index in [2.05, 4.69) is 0 Å². The molecule has 0 saturated carbocycles. The summed E-state index contributed by atoms with van der Waals surface area (Å²) in [5, 5.41) is 5.00. The fourth-order valence-corrected chi connectivity index (χ4v) is 2.05. The Morgan fingerprint density at radius 1 is 0.842 bits per heavy atom. The minimum absolute atomic E-state index is 0.0754. The molecule has 0 aliphatic heterocycles. The summed E-state index contributed by atoms with van der Waals surface area (Å²) in [4.78, 5) is 0.0754. The highest BCUT2D eigenvalue weighted by atomic mass is 32.2. The van der Waals surface area contributed by atoms with Gasteiger partial charge in [-0.2, -0.15) is 0 Å². The van der Waals surface area contributed by atoms with Crippen LogP contribution in [-0.2, 0) is 10.0 Å². The molecule has 0 aliphatic carbocycles. The molecule has 0 fully saturated rings. The lowest BCUT2D eigenvalue weighted by Crippen LogP contribution is -2.11. The quantitative estimate of drug-likeness (QED) is 0.877. The Kier molecular flexibility index (Phi) is 3.78. The Bertz CT molecular complexity index is 689. The molecule has 5 heteroatoms. The van der Waals surface area contributed by atoms with Crippen molar-refractivity contribution in [3.63, 3.8) is 0 Å². The summed E-state index contributed by atoms with van der Waals surface area (Å²) in [5.41, 5.74) is 1.69. The molecule has 0 heterocycles.